The molecule has 4 unspecified atom stereocenters. The lowest BCUT2D eigenvalue weighted by atomic mass is 9.39. The predicted octanol–water partition coefficient (Wildman–Crippen LogP) is 10.9. The number of esters is 2. The summed E-state index contributed by atoms with van der Waals surface area (Å²) in [6.07, 6.45) is 26.1. The molecule has 2 spiro atoms. The molecule has 308 valence electrons. The second-order valence-electron chi connectivity index (χ2n) is 18.8. The second kappa shape index (κ2) is 19.5. The van der Waals surface area contributed by atoms with E-state index in [2.05, 4.69) is 5.32 Å². The average molecular weight is 770 g/mol. The second-order valence-corrected chi connectivity index (χ2v) is 18.8. The van der Waals surface area contributed by atoms with Crippen molar-refractivity contribution in [1.82, 2.24) is 5.32 Å². The average Bonchev–Trinajstić information content (AvgIpc) is 3.64. The van der Waals surface area contributed by atoms with E-state index in [0.717, 1.165) is 49.7 Å². The molecular formula is C49H73N2O5+. The number of benzene rings is 2. The van der Waals surface area contributed by atoms with Crippen molar-refractivity contribution >= 4 is 17.8 Å². The topological polar surface area (TPSA) is 81.7 Å². The molecule has 2 heterocycles. The zero-order chi connectivity index (χ0) is 39.5. The molecule has 2 saturated carbocycles. The summed E-state index contributed by atoms with van der Waals surface area (Å²) >= 11 is 0. The van der Waals surface area contributed by atoms with Crippen molar-refractivity contribution in [3.05, 3.63) is 71.8 Å². The van der Waals surface area contributed by atoms with Gasteiger partial charge in [0.1, 0.15) is 29.2 Å². The van der Waals surface area contributed by atoms with Crippen LogP contribution in [0.5, 0.6) is 0 Å². The Labute approximate surface area is 338 Å². The summed E-state index contributed by atoms with van der Waals surface area (Å²) in [4.78, 5) is 40.3. The Morgan fingerprint density at radius 1 is 0.661 bits per heavy atom. The molecule has 0 aromatic heterocycles. The van der Waals surface area contributed by atoms with Gasteiger partial charge in [-0.05, 0) is 51.2 Å². The fraction of sp³-hybridized carbons (Fsp3) is 0.694. The van der Waals surface area contributed by atoms with E-state index in [1.165, 1.54) is 114 Å². The van der Waals surface area contributed by atoms with Crippen molar-refractivity contribution in [2.24, 2.45) is 5.41 Å². The first kappa shape index (κ1) is 42.4. The van der Waals surface area contributed by atoms with Gasteiger partial charge in [-0.15, -0.1) is 0 Å². The van der Waals surface area contributed by atoms with Crippen molar-refractivity contribution in [2.45, 2.75) is 198 Å². The number of fused-ring (bicyclic) bond motifs is 2. The molecule has 4 atom stereocenters. The fourth-order valence-electron chi connectivity index (χ4n) is 11.2. The van der Waals surface area contributed by atoms with Gasteiger partial charge in [-0.1, -0.05) is 151 Å². The number of hydrogen-bond acceptors (Lipinski definition) is 5. The van der Waals surface area contributed by atoms with Gasteiger partial charge < -0.3 is 19.3 Å². The molecule has 0 radical (unpaired) electrons. The van der Waals surface area contributed by atoms with Crippen molar-refractivity contribution in [1.29, 1.82) is 0 Å². The van der Waals surface area contributed by atoms with Crippen LogP contribution >= 0.6 is 0 Å². The quantitative estimate of drug-likeness (QED) is 0.0653. The first-order chi connectivity index (χ1) is 27.1. The third kappa shape index (κ3) is 9.56. The van der Waals surface area contributed by atoms with Crippen molar-refractivity contribution in [3.63, 3.8) is 0 Å². The summed E-state index contributed by atoms with van der Waals surface area (Å²) in [5.41, 5.74) is -0.0909. The van der Waals surface area contributed by atoms with E-state index >= 15 is 0 Å². The first-order valence-corrected chi connectivity index (χ1v) is 22.8. The van der Waals surface area contributed by atoms with E-state index in [1.807, 2.05) is 81.4 Å². The highest BCUT2D eigenvalue weighted by Gasteiger charge is 2.86. The predicted molar refractivity (Wildman–Crippen MR) is 224 cm³/mol. The maximum Gasteiger partial charge on any atom is 0.341 e. The number of amides is 1. The van der Waals surface area contributed by atoms with Crippen LogP contribution in [0.2, 0.25) is 0 Å². The number of rotatable bonds is 24. The van der Waals surface area contributed by atoms with Gasteiger partial charge in [0.25, 0.3) is 0 Å². The van der Waals surface area contributed by atoms with Gasteiger partial charge in [-0.3, -0.25) is 9.59 Å². The number of nitrogens with one attached hydrogen (secondary N) is 1. The normalized spacial score (nSPS) is 23.2. The highest BCUT2D eigenvalue weighted by atomic mass is 16.6. The highest BCUT2D eigenvalue weighted by molar-refractivity contribution is 5.93. The Bertz CT molecular complexity index is 1500. The lowest BCUT2D eigenvalue weighted by molar-refractivity contribution is -1.05. The zero-order valence-corrected chi connectivity index (χ0v) is 35.2. The number of unbranched alkanes of at least 4 members (excludes halogenated alkanes) is 15. The highest BCUT2D eigenvalue weighted by Crippen LogP contribution is 2.73. The minimum Gasteiger partial charge on any atom is -0.460 e. The van der Waals surface area contributed by atoms with Crippen LogP contribution in [0.1, 0.15) is 180 Å². The Balaban J connectivity index is 0.867. The molecule has 2 aromatic rings. The zero-order valence-electron chi connectivity index (χ0n) is 35.2. The minimum absolute atomic E-state index is 0.0580. The molecule has 2 aliphatic heterocycles. The molecule has 1 amide bonds. The van der Waals surface area contributed by atoms with Crippen LogP contribution in [0.15, 0.2) is 60.7 Å². The summed E-state index contributed by atoms with van der Waals surface area (Å²) < 4.78 is 13.3. The van der Waals surface area contributed by atoms with E-state index < -0.39 is 5.54 Å². The number of quaternary nitrogens is 1. The van der Waals surface area contributed by atoms with Gasteiger partial charge in [-0.2, -0.15) is 0 Å². The third-order valence-corrected chi connectivity index (χ3v) is 14.0. The van der Waals surface area contributed by atoms with Gasteiger partial charge in [0, 0.05) is 38.5 Å². The van der Waals surface area contributed by atoms with Gasteiger partial charge in [0.05, 0.1) is 13.1 Å². The molecule has 7 heteroatoms. The summed E-state index contributed by atoms with van der Waals surface area (Å²) in [5, 5.41) is 3.28. The van der Waals surface area contributed by atoms with E-state index in [-0.39, 0.29) is 35.0 Å². The number of hydrogen-bond donors (Lipinski definition) is 1. The van der Waals surface area contributed by atoms with Crippen molar-refractivity contribution in [3.8, 4) is 0 Å². The van der Waals surface area contributed by atoms with Crippen molar-refractivity contribution < 1.29 is 28.3 Å². The Hall–Kier alpha value is -3.19. The van der Waals surface area contributed by atoms with E-state index in [9.17, 15) is 14.4 Å². The summed E-state index contributed by atoms with van der Waals surface area (Å²) in [6.45, 7) is 8.37. The smallest absolute Gasteiger partial charge is 0.341 e. The molecule has 4 aliphatic rings. The van der Waals surface area contributed by atoms with Crippen LogP contribution in [0.3, 0.4) is 0 Å². The molecular weight excluding hydrogens is 697 g/mol. The number of carbonyl (C=O) groups excluding carboxylic acids is 3. The number of nitrogens with zero attached hydrogens (tertiary/aromatic N) is 1. The summed E-state index contributed by atoms with van der Waals surface area (Å²) in [5.74, 6) is -0.500. The van der Waals surface area contributed by atoms with Gasteiger partial charge >= 0.3 is 11.9 Å². The molecule has 7 nitrogen and oxygen atoms in total. The van der Waals surface area contributed by atoms with Gasteiger partial charge in [-0.25, -0.2) is 4.79 Å². The minimum atomic E-state index is -1.38. The third-order valence-electron chi connectivity index (χ3n) is 14.0. The van der Waals surface area contributed by atoms with Crippen LogP contribution in [-0.4, -0.2) is 59.2 Å². The van der Waals surface area contributed by atoms with Crippen LogP contribution < -0.4 is 5.32 Å². The summed E-state index contributed by atoms with van der Waals surface area (Å²) in [6, 6.07) is 20.8. The maximum atomic E-state index is 14.7. The molecule has 2 saturated heterocycles. The lowest BCUT2D eigenvalue weighted by Crippen LogP contribution is -2.94. The molecule has 2 aromatic carbocycles. The van der Waals surface area contributed by atoms with E-state index in [4.69, 9.17) is 9.47 Å². The SMILES string of the molecule is CC(C)(C)OC(=O)CCCCCCCCCCCCCCCCCCC(=O)NC(C(=O)OC1CC2C13CCC3[N+]21CCCC1)(c1ccccc1)c1ccccc1. The van der Waals surface area contributed by atoms with Crippen LogP contribution in [0, 0.1) is 5.41 Å². The molecule has 56 heavy (non-hydrogen) atoms. The van der Waals surface area contributed by atoms with Crippen LogP contribution in [-0.2, 0) is 29.4 Å². The Kier molecular flexibility index (Phi) is 14.8. The molecule has 6 rings (SSSR count). The monoisotopic (exact) mass is 770 g/mol. The number of piperidine rings is 2. The molecule has 2 aliphatic carbocycles. The van der Waals surface area contributed by atoms with Crippen LogP contribution in [0.25, 0.3) is 0 Å². The molecule has 0 bridgehead atoms. The standard InChI is InChI=1S/C49H72N2O5/c1-47(2,3)56-45(53)33-25-17-15-13-11-9-7-5-4-6-8-10-12-14-16-24-32-44(52)50-49(39-28-20-18-21-29-39,40-30-22-19-23-31-40)46(54)55-43-38-42-48(43)35-34-41(48)51(42)36-26-27-37-51/h18-23,28-31,41-43H,4-17,24-27,32-38H2,1-3H3/p+1. The van der Waals surface area contributed by atoms with Crippen LogP contribution in [0.4, 0.5) is 0 Å². The van der Waals surface area contributed by atoms with Gasteiger partial charge in [0.2, 0.25) is 5.91 Å². The van der Waals surface area contributed by atoms with E-state index in [0.29, 0.717) is 24.9 Å². The van der Waals surface area contributed by atoms with Crippen molar-refractivity contribution in [2.75, 3.05) is 13.1 Å². The molecule has 1 N–H and O–H groups in total. The van der Waals surface area contributed by atoms with Gasteiger partial charge in [0.15, 0.2) is 5.54 Å². The molecule has 4 fully saturated rings. The summed E-state index contributed by atoms with van der Waals surface area (Å²) in [7, 11) is 0. The maximum absolute atomic E-state index is 14.7. The number of carbonyl (C=O) groups is 3. The number of ether oxygens (including phenoxy) is 2. The lowest BCUT2D eigenvalue weighted by Gasteiger charge is -2.80. The van der Waals surface area contributed by atoms with E-state index in [1.54, 1.807) is 0 Å². The first-order valence-electron chi connectivity index (χ1n) is 22.8. The Morgan fingerprint density at radius 3 is 1.55 bits per heavy atom. The largest absolute Gasteiger partial charge is 0.460 e. The Morgan fingerprint density at radius 2 is 1.12 bits per heavy atom. The fourth-order valence-corrected chi connectivity index (χ4v) is 11.2.